The van der Waals surface area contributed by atoms with Gasteiger partial charge in [0.1, 0.15) is 23.3 Å². The molecule has 0 spiro atoms. The van der Waals surface area contributed by atoms with Crippen molar-refractivity contribution in [2.75, 3.05) is 5.32 Å². The van der Waals surface area contributed by atoms with E-state index in [2.05, 4.69) is 15.5 Å². The number of halogens is 4. The van der Waals surface area contributed by atoms with Crippen LogP contribution in [0.5, 0.6) is 0 Å². The van der Waals surface area contributed by atoms with Gasteiger partial charge >= 0.3 is 12.1 Å². The number of alkyl halides is 3. The predicted molar refractivity (Wildman–Crippen MR) is 162 cm³/mol. The standard InChI is InChI=1S/C34H27ClF3N3O3/c1-19-31(40-29-8-4-7-28(39-29)26-5-3-6-27(30(26)35)34(36,37)38)32(44-41-19)24-15-13-23(14-16-24)22-11-9-21(10-12-22)20(2)43-33(42)25-17-18-25/h3-16,20,25H,17-18H2,1-2H3,(H,39,40). The van der Waals surface area contributed by atoms with Gasteiger partial charge in [0.25, 0.3) is 0 Å². The third kappa shape index (κ3) is 6.19. The van der Waals surface area contributed by atoms with Crippen LogP contribution in [0.2, 0.25) is 5.02 Å². The van der Waals surface area contributed by atoms with Crippen molar-refractivity contribution in [3.05, 3.63) is 107 Å². The Bertz CT molecular complexity index is 1810. The van der Waals surface area contributed by atoms with Gasteiger partial charge in [-0.15, -0.1) is 0 Å². The summed E-state index contributed by atoms with van der Waals surface area (Å²) in [4.78, 5) is 16.5. The molecule has 1 aliphatic carbocycles. The minimum atomic E-state index is -4.58. The summed E-state index contributed by atoms with van der Waals surface area (Å²) in [6, 6.07) is 24.4. The number of anilines is 2. The van der Waals surface area contributed by atoms with E-state index in [1.807, 2.05) is 55.5 Å². The maximum atomic E-state index is 13.4. The summed E-state index contributed by atoms with van der Waals surface area (Å²) in [7, 11) is 0. The van der Waals surface area contributed by atoms with E-state index in [0.717, 1.165) is 41.2 Å². The second-order valence-corrected chi connectivity index (χ2v) is 11.1. The molecular formula is C34H27ClF3N3O3. The molecule has 3 aromatic carbocycles. The number of aromatic nitrogens is 2. The van der Waals surface area contributed by atoms with Gasteiger partial charge in [0, 0.05) is 11.1 Å². The van der Waals surface area contributed by atoms with Crippen molar-refractivity contribution in [2.24, 2.45) is 5.92 Å². The number of hydrogen-bond acceptors (Lipinski definition) is 6. The number of esters is 1. The molecular weight excluding hydrogens is 591 g/mol. The highest BCUT2D eigenvalue weighted by Gasteiger charge is 2.34. The van der Waals surface area contributed by atoms with Gasteiger partial charge in [-0.1, -0.05) is 83.5 Å². The van der Waals surface area contributed by atoms with Gasteiger partial charge < -0.3 is 14.6 Å². The first-order chi connectivity index (χ1) is 21.1. The average molecular weight is 618 g/mol. The maximum Gasteiger partial charge on any atom is 0.417 e. The molecule has 0 bridgehead atoms. The van der Waals surface area contributed by atoms with E-state index in [4.69, 9.17) is 20.9 Å². The van der Waals surface area contributed by atoms with E-state index in [9.17, 15) is 18.0 Å². The van der Waals surface area contributed by atoms with Gasteiger partial charge in [-0.25, -0.2) is 4.98 Å². The molecule has 1 atom stereocenters. The Balaban J connectivity index is 1.20. The van der Waals surface area contributed by atoms with Crippen LogP contribution in [0.25, 0.3) is 33.7 Å². The fraction of sp³-hybridized carbons (Fsp3) is 0.206. The Kier molecular flexibility index (Phi) is 7.90. The smallest absolute Gasteiger partial charge is 0.417 e. The van der Waals surface area contributed by atoms with Crippen molar-refractivity contribution in [3.8, 4) is 33.7 Å². The number of nitrogens with zero attached hydrogens (tertiary/aromatic N) is 2. The number of nitrogens with one attached hydrogen (secondary N) is 1. The topological polar surface area (TPSA) is 77.2 Å². The molecule has 5 aromatic rings. The SMILES string of the molecule is Cc1noc(-c2ccc(-c3ccc(C(C)OC(=O)C4CC4)cc3)cc2)c1Nc1cccc(-c2cccc(C(F)(F)F)c2Cl)n1. The summed E-state index contributed by atoms with van der Waals surface area (Å²) in [5.74, 6) is 0.804. The number of rotatable bonds is 8. The Morgan fingerprint density at radius 1 is 0.955 bits per heavy atom. The summed E-state index contributed by atoms with van der Waals surface area (Å²) < 4.78 is 51.4. The third-order valence-corrected chi connectivity index (χ3v) is 7.92. The number of hydrogen-bond donors (Lipinski definition) is 1. The fourth-order valence-electron chi connectivity index (χ4n) is 4.86. The van der Waals surface area contributed by atoms with Crippen LogP contribution in [0.1, 0.15) is 42.7 Å². The first-order valence-electron chi connectivity index (χ1n) is 14.1. The summed E-state index contributed by atoms with van der Waals surface area (Å²) >= 11 is 6.14. The van der Waals surface area contributed by atoms with Crippen LogP contribution < -0.4 is 5.32 Å². The molecule has 1 aliphatic rings. The summed E-state index contributed by atoms with van der Waals surface area (Å²) in [5, 5.41) is 6.92. The molecule has 224 valence electrons. The summed E-state index contributed by atoms with van der Waals surface area (Å²) in [6.07, 6.45) is -3.07. The van der Waals surface area contributed by atoms with Crippen LogP contribution in [0.15, 0.2) is 89.5 Å². The highest BCUT2D eigenvalue weighted by atomic mass is 35.5. The molecule has 1 N–H and O–H groups in total. The lowest BCUT2D eigenvalue weighted by Crippen LogP contribution is -2.10. The number of carbonyl (C=O) groups is 1. The summed E-state index contributed by atoms with van der Waals surface area (Å²) in [6.45, 7) is 3.66. The highest BCUT2D eigenvalue weighted by Crippen LogP contribution is 2.40. The molecule has 6 nitrogen and oxygen atoms in total. The largest absolute Gasteiger partial charge is 0.458 e. The van der Waals surface area contributed by atoms with Gasteiger partial charge in [-0.3, -0.25) is 4.79 Å². The second-order valence-electron chi connectivity index (χ2n) is 10.7. The van der Waals surface area contributed by atoms with Crippen molar-refractivity contribution >= 4 is 29.1 Å². The highest BCUT2D eigenvalue weighted by molar-refractivity contribution is 6.34. The van der Waals surface area contributed by atoms with Crippen LogP contribution >= 0.6 is 11.6 Å². The van der Waals surface area contributed by atoms with Crippen molar-refractivity contribution in [1.82, 2.24) is 10.1 Å². The Morgan fingerprint density at radius 3 is 2.25 bits per heavy atom. The monoisotopic (exact) mass is 617 g/mol. The normalized spacial score (nSPS) is 13.9. The van der Waals surface area contributed by atoms with Gasteiger partial charge in [-0.05, 0) is 61.6 Å². The molecule has 0 radical (unpaired) electrons. The molecule has 2 heterocycles. The minimum absolute atomic E-state index is 0.0593. The van der Waals surface area contributed by atoms with Crippen molar-refractivity contribution in [1.29, 1.82) is 0 Å². The van der Waals surface area contributed by atoms with E-state index in [1.54, 1.807) is 25.1 Å². The van der Waals surface area contributed by atoms with Crippen molar-refractivity contribution in [3.63, 3.8) is 0 Å². The predicted octanol–water partition coefficient (Wildman–Crippen LogP) is 9.81. The zero-order valence-electron chi connectivity index (χ0n) is 23.8. The van der Waals surface area contributed by atoms with E-state index in [0.29, 0.717) is 23.0 Å². The quantitative estimate of drug-likeness (QED) is 0.175. The number of benzene rings is 3. The van der Waals surface area contributed by atoms with Gasteiger partial charge in [0.2, 0.25) is 0 Å². The first-order valence-corrected chi connectivity index (χ1v) is 14.4. The van der Waals surface area contributed by atoms with Crippen LogP contribution in [0, 0.1) is 12.8 Å². The maximum absolute atomic E-state index is 13.4. The third-order valence-electron chi connectivity index (χ3n) is 7.51. The van der Waals surface area contributed by atoms with E-state index in [1.165, 1.54) is 12.1 Å². The molecule has 2 aromatic heterocycles. The minimum Gasteiger partial charge on any atom is -0.458 e. The lowest BCUT2D eigenvalue weighted by atomic mass is 10.0. The number of ether oxygens (including phenoxy) is 1. The van der Waals surface area contributed by atoms with E-state index < -0.39 is 16.8 Å². The van der Waals surface area contributed by atoms with Crippen LogP contribution in [-0.2, 0) is 15.7 Å². The molecule has 0 saturated heterocycles. The molecule has 1 fully saturated rings. The lowest BCUT2D eigenvalue weighted by Gasteiger charge is -2.14. The Labute approximate surface area is 256 Å². The van der Waals surface area contributed by atoms with E-state index >= 15 is 0 Å². The van der Waals surface area contributed by atoms with E-state index in [-0.39, 0.29) is 29.2 Å². The lowest BCUT2D eigenvalue weighted by molar-refractivity contribution is -0.150. The number of carbonyl (C=O) groups excluding carboxylic acids is 1. The molecule has 44 heavy (non-hydrogen) atoms. The Morgan fingerprint density at radius 2 is 1.59 bits per heavy atom. The summed E-state index contributed by atoms with van der Waals surface area (Å²) in [5.41, 5.74) is 4.39. The number of aryl methyl sites for hydroxylation is 1. The molecule has 1 unspecified atom stereocenters. The van der Waals surface area contributed by atoms with Crippen molar-refractivity contribution in [2.45, 2.75) is 39.0 Å². The molecule has 6 rings (SSSR count). The van der Waals surface area contributed by atoms with Crippen molar-refractivity contribution < 1.29 is 27.2 Å². The van der Waals surface area contributed by atoms with Gasteiger partial charge in [0.05, 0.1) is 22.2 Å². The zero-order chi connectivity index (χ0) is 31.0. The fourth-order valence-corrected chi connectivity index (χ4v) is 5.19. The second kappa shape index (κ2) is 11.8. The first kappa shape index (κ1) is 29.4. The molecule has 10 heteroatoms. The van der Waals surface area contributed by atoms with Crippen LogP contribution in [-0.4, -0.2) is 16.1 Å². The average Bonchev–Trinajstić information content (AvgIpc) is 3.81. The Hall–Kier alpha value is -4.63. The molecule has 0 amide bonds. The number of pyridine rings is 1. The van der Waals surface area contributed by atoms with Crippen LogP contribution in [0.4, 0.5) is 24.7 Å². The zero-order valence-corrected chi connectivity index (χ0v) is 24.5. The van der Waals surface area contributed by atoms with Gasteiger partial charge in [-0.2, -0.15) is 13.2 Å². The van der Waals surface area contributed by atoms with Crippen LogP contribution in [0.3, 0.4) is 0 Å². The van der Waals surface area contributed by atoms with Gasteiger partial charge in [0.15, 0.2) is 5.76 Å². The molecule has 0 aliphatic heterocycles. The molecule has 1 saturated carbocycles.